The summed E-state index contributed by atoms with van der Waals surface area (Å²) in [5.41, 5.74) is 8.34. The average Bonchev–Trinajstić information content (AvgIpc) is 2.30. The van der Waals surface area contributed by atoms with Crippen molar-refractivity contribution < 1.29 is 4.79 Å². The van der Waals surface area contributed by atoms with Crippen LogP contribution in [-0.2, 0) is 6.42 Å². The zero-order valence-corrected chi connectivity index (χ0v) is 9.83. The minimum atomic E-state index is 0.149. The molecule has 0 heterocycles. The number of Topliss-reactive ketones (excluding diaryl/α,β-unsaturated/α-hetero) is 1. The monoisotopic (exact) mass is 217 g/mol. The van der Waals surface area contributed by atoms with E-state index in [0.29, 0.717) is 13.0 Å². The third kappa shape index (κ3) is 3.31. The Morgan fingerprint density at radius 1 is 1.38 bits per heavy atom. The van der Waals surface area contributed by atoms with Gasteiger partial charge in [0, 0.05) is 12.0 Å². The van der Waals surface area contributed by atoms with E-state index in [1.165, 1.54) is 0 Å². The van der Waals surface area contributed by atoms with E-state index in [1.807, 2.05) is 31.2 Å². The van der Waals surface area contributed by atoms with Crippen LogP contribution in [0, 0.1) is 0 Å². The summed E-state index contributed by atoms with van der Waals surface area (Å²) in [5.74, 6) is 0.149. The fraction of sp³-hybridized carbons (Fsp3) is 0.357. The molecule has 1 aromatic rings. The summed E-state index contributed by atoms with van der Waals surface area (Å²) in [5, 5.41) is 0. The number of rotatable bonds is 6. The van der Waals surface area contributed by atoms with Crippen LogP contribution in [0.15, 0.2) is 36.4 Å². The molecule has 0 bridgehead atoms. The molecule has 86 valence electrons. The second-order valence-electron chi connectivity index (χ2n) is 3.90. The lowest BCUT2D eigenvalue weighted by Crippen LogP contribution is -2.09. The van der Waals surface area contributed by atoms with E-state index in [2.05, 4.69) is 6.58 Å². The van der Waals surface area contributed by atoms with Crippen LogP contribution >= 0.6 is 0 Å². The maximum atomic E-state index is 12.0. The lowest BCUT2D eigenvalue weighted by atomic mass is 9.96. The Morgan fingerprint density at radius 3 is 2.69 bits per heavy atom. The van der Waals surface area contributed by atoms with Crippen LogP contribution in [0.3, 0.4) is 0 Å². The number of carbonyl (C=O) groups excluding carboxylic acids is 1. The van der Waals surface area contributed by atoms with Gasteiger partial charge < -0.3 is 5.73 Å². The molecule has 0 saturated heterocycles. The van der Waals surface area contributed by atoms with E-state index in [9.17, 15) is 4.79 Å². The fourth-order valence-corrected chi connectivity index (χ4v) is 1.61. The number of carbonyl (C=O) groups is 1. The van der Waals surface area contributed by atoms with Crippen molar-refractivity contribution in [3.63, 3.8) is 0 Å². The van der Waals surface area contributed by atoms with Crippen LogP contribution in [0.1, 0.15) is 35.7 Å². The Kier molecular flexibility index (Phi) is 4.93. The molecule has 0 aromatic heterocycles. The predicted molar refractivity (Wildman–Crippen MR) is 67.6 cm³/mol. The molecular weight excluding hydrogens is 198 g/mol. The summed E-state index contributed by atoms with van der Waals surface area (Å²) < 4.78 is 0. The van der Waals surface area contributed by atoms with Crippen molar-refractivity contribution in [2.45, 2.75) is 26.2 Å². The number of benzene rings is 1. The average molecular weight is 217 g/mol. The number of hydrogen-bond donors (Lipinski definition) is 1. The third-order valence-electron chi connectivity index (χ3n) is 2.64. The van der Waals surface area contributed by atoms with Gasteiger partial charge >= 0.3 is 0 Å². The minimum absolute atomic E-state index is 0.149. The molecule has 0 saturated carbocycles. The summed E-state index contributed by atoms with van der Waals surface area (Å²) in [6, 6.07) is 7.67. The molecule has 0 atom stereocenters. The van der Waals surface area contributed by atoms with Crippen molar-refractivity contribution in [2.75, 3.05) is 6.54 Å². The van der Waals surface area contributed by atoms with Crippen molar-refractivity contribution in [1.29, 1.82) is 0 Å². The Bertz CT molecular complexity index is 382. The first-order valence-electron chi connectivity index (χ1n) is 5.66. The van der Waals surface area contributed by atoms with Crippen molar-refractivity contribution in [1.82, 2.24) is 0 Å². The summed E-state index contributed by atoms with van der Waals surface area (Å²) in [4.78, 5) is 12.0. The normalized spacial score (nSPS) is 10.1. The van der Waals surface area contributed by atoms with Crippen molar-refractivity contribution in [3.05, 3.63) is 47.5 Å². The van der Waals surface area contributed by atoms with Gasteiger partial charge in [0.15, 0.2) is 5.78 Å². The molecule has 1 rings (SSSR count). The molecule has 0 amide bonds. The van der Waals surface area contributed by atoms with Gasteiger partial charge in [0.05, 0.1) is 0 Å². The molecule has 0 radical (unpaired) electrons. The predicted octanol–water partition coefficient (Wildman–Crippen LogP) is 2.73. The van der Waals surface area contributed by atoms with Gasteiger partial charge in [-0.2, -0.15) is 0 Å². The second kappa shape index (κ2) is 6.23. The molecule has 2 N–H and O–H groups in total. The number of allylic oxidation sites excluding steroid dienone is 1. The fourth-order valence-electron chi connectivity index (χ4n) is 1.61. The highest BCUT2D eigenvalue weighted by atomic mass is 16.1. The SMILES string of the molecule is C=C(CC)CC(=O)c1ccccc1CCN. The summed E-state index contributed by atoms with van der Waals surface area (Å²) in [7, 11) is 0. The van der Waals surface area contributed by atoms with Gasteiger partial charge in [0.25, 0.3) is 0 Å². The van der Waals surface area contributed by atoms with E-state index < -0.39 is 0 Å². The van der Waals surface area contributed by atoms with Crippen LogP contribution < -0.4 is 5.73 Å². The highest BCUT2D eigenvalue weighted by Crippen LogP contribution is 2.15. The highest BCUT2D eigenvalue weighted by Gasteiger charge is 2.10. The van der Waals surface area contributed by atoms with E-state index in [1.54, 1.807) is 0 Å². The summed E-state index contributed by atoms with van der Waals surface area (Å²) >= 11 is 0. The molecule has 2 nitrogen and oxygen atoms in total. The molecule has 0 unspecified atom stereocenters. The van der Waals surface area contributed by atoms with Gasteiger partial charge in [-0.05, 0) is 24.9 Å². The van der Waals surface area contributed by atoms with Crippen LogP contribution in [0.2, 0.25) is 0 Å². The number of hydrogen-bond acceptors (Lipinski definition) is 2. The second-order valence-corrected chi connectivity index (χ2v) is 3.90. The van der Waals surface area contributed by atoms with Crippen molar-refractivity contribution in [2.24, 2.45) is 5.73 Å². The first-order valence-corrected chi connectivity index (χ1v) is 5.66. The van der Waals surface area contributed by atoms with Gasteiger partial charge in [0.1, 0.15) is 0 Å². The van der Waals surface area contributed by atoms with Crippen LogP contribution in [0.5, 0.6) is 0 Å². The molecule has 0 fully saturated rings. The first-order chi connectivity index (χ1) is 7.69. The van der Waals surface area contributed by atoms with E-state index in [4.69, 9.17) is 5.73 Å². The molecule has 0 aliphatic heterocycles. The molecule has 16 heavy (non-hydrogen) atoms. The number of ketones is 1. The molecule has 0 aliphatic rings. The lowest BCUT2D eigenvalue weighted by Gasteiger charge is -2.08. The Hall–Kier alpha value is -1.41. The quantitative estimate of drug-likeness (QED) is 0.588. The zero-order chi connectivity index (χ0) is 12.0. The minimum Gasteiger partial charge on any atom is -0.330 e. The first kappa shape index (κ1) is 12.7. The van der Waals surface area contributed by atoms with E-state index >= 15 is 0 Å². The van der Waals surface area contributed by atoms with Gasteiger partial charge in [-0.3, -0.25) is 4.79 Å². The molecule has 2 heteroatoms. The molecule has 0 spiro atoms. The molecule has 1 aromatic carbocycles. The van der Waals surface area contributed by atoms with Crippen molar-refractivity contribution >= 4 is 5.78 Å². The smallest absolute Gasteiger partial charge is 0.167 e. The van der Waals surface area contributed by atoms with Crippen LogP contribution in [-0.4, -0.2) is 12.3 Å². The van der Waals surface area contributed by atoms with Gasteiger partial charge in [-0.15, -0.1) is 0 Å². The maximum Gasteiger partial charge on any atom is 0.167 e. The highest BCUT2D eigenvalue weighted by molar-refractivity contribution is 5.98. The van der Waals surface area contributed by atoms with Gasteiger partial charge in [-0.25, -0.2) is 0 Å². The largest absolute Gasteiger partial charge is 0.330 e. The summed E-state index contributed by atoms with van der Waals surface area (Å²) in [6.45, 7) is 6.45. The van der Waals surface area contributed by atoms with Crippen LogP contribution in [0.4, 0.5) is 0 Å². The maximum absolute atomic E-state index is 12.0. The third-order valence-corrected chi connectivity index (χ3v) is 2.64. The Balaban J connectivity index is 2.85. The van der Waals surface area contributed by atoms with Gasteiger partial charge in [0.2, 0.25) is 0 Å². The van der Waals surface area contributed by atoms with Crippen molar-refractivity contribution in [3.8, 4) is 0 Å². The van der Waals surface area contributed by atoms with Crippen LogP contribution in [0.25, 0.3) is 0 Å². The zero-order valence-electron chi connectivity index (χ0n) is 9.83. The van der Waals surface area contributed by atoms with E-state index in [0.717, 1.165) is 29.5 Å². The summed E-state index contributed by atoms with van der Waals surface area (Å²) in [6.07, 6.45) is 2.05. The molecule has 0 aliphatic carbocycles. The Labute approximate surface area is 97.2 Å². The lowest BCUT2D eigenvalue weighted by molar-refractivity contribution is 0.0991. The topological polar surface area (TPSA) is 43.1 Å². The van der Waals surface area contributed by atoms with E-state index in [-0.39, 0.29) is 5.78 Å². The van der Waals surface area contributed by atoms with Gasteiger partial charge in [-0.1, -0.05) is 43.3 Å². The number of nitrogens with two attached hydrogens (primary N) is 1. The Morgan fingerprint density at radius 2 is 2.06 bits per heavy atom. The molecular formula is C14H19NO. The standard InChI is InChI=1S/C14H19NO/c1-3-11(2)10-14(16)13-7-5-4-6-12(13)8-9-15/h4-7H,2-3,8-10,15H2,1H3.